The van der Waals surface area contributed by atoms with Crippen molar-refractivity contribution in [3.8, 4) is 0 Å². The van der Waals surface area contributed by atoms with E-state index >= 15 is 0 Å². The van der Waals surface area contributed by atoms with Gasteiger partial charge in [-0.15, -0.1) is 0 Å². The number of hydrogen-bond donors (Lipinski definition) is 1. The topological polar surface area (TPSA) is 21.3 Å². The quantitative estimate of drug-likeness (QED) is 0.899. The van der Waals surface area contributed by atoms with Gasteiger partial charge >= 0.3 is 0 Å². The summed E-state index contributed by atoms with van der Waals surface area (Å²) < 4.78 is 33.2. The Morgan fingerprint density at radius 2 is 1.76 bits per heavy atom. The highest BCUT2D eigenvalue weighted by Gasteiger charge is 2.45. The number of hydrogen-bond acceptors (Lipinski definition) is 2. The summed E-state index contributed by atoms with van der Waals surface area (Å²) in [5.41, 5.74) is 0.324. The van der Waals surface area contributed by atoms with Gasteiger partial charge in [0.25, 0.3) is 0 Å². The smallest absolute Gasteiger partial charge is 0.131 e. The van der Waals surface area contributed by atoms with E-state index in [4.69, 9.17) is 4.74 Å². The maximum Gasteiger partial charge on any atom is 0.131 e. The van der Waals surface area contributed by atoms with E-state index in [1.807, 2.05) is 0 Å². The van der Waals surface area contributed by atoms with E-state index in [2.05, 4.69) is 19.2 Å². The highest BCUT2D eigenvalue weighted by atomic mass is 19.1. The molecule has 2 nitrogen and oxygen atoms in total. The molecule has 0 saturated heterocycles. The van der Waals surface area contributed by atoms with Crippen molar-refractivity contribution in [2.45, 2.75) is 51.2 Å². The molecule has 0 aliphatic heterocycles. The number of ether oxygens (including phenoxy) is 1. The van der Waals surface area contributed by atoms with Gasteiger partial charge in [-0.3, -0.25) is 0 Å². The minimum Gasteiger partial charge on any atom is -0.376 e. The lowest BCUT2D eigenvalue weighted by molar-refractivity contribution is -0.0868. The summed E-state index contributed by atoms with van der Waals surface area (Å²) in [7, 11) is 3.48. The van der Waals surface area contributed by atoms with Gasteiger partial charge in [0.1, 0.15) is 11.6 Å². The van der Waals surface area contributed by atoms with Gasteiger partial charge in [-0.25, -0.2) is 8.78 Å². The lowest BCUT2D eigenvalue weighted by Gasteiger charge is -2.47. The van der Waals surface area contributed by atoms with Crippen molar-refractivity contribution < 1.29 is 13.5 Å². The molecule has 0 amide bonds. The third-order valence-electron chi connectivity index (χ3n) is 4.94. The molecule has 1 aliphatic carbocycles. The minimum atomic E-state index is -0.553. The zero-order valence-corrected chi connectivity index (χ0v) is 13.3. The summed E-state index contributed by atoms with van der Waals surface area (Å²) in [4.78, 5) is 0. The number of methoxy groups -OCH3 is 1. The predicted octanol–water partition coefficient (Wildman–Crippen LogP) is 4.21. The average Bonchev–Trinajstić information content (AvgIpc) is 2.44. The molecule has 0 radical (unpaired) electrons. The summed E-state index contributed by atoms with van der Waals surface area (Å²) in [6.07, 6.45) is 3.78. The fraction of sp³-hybridized carbons (Fsp3) is 0.647. The third-order valence-corrected chi connectivity index (χ3v) is 4.94. The van der Waals surface area contributed by atoms with Crippen LogP contribution in [-0.4, -0.2) is 19.8 Å². The molecule has 4 heteroatoms. The zero-order valence-electron chi connectivity index (χ0n) is 13.3. The van der Waals surface area contributed by atoms with Crippen molar-refractivity contribution in [2.75, 3.05) is 14.2 Å². The van der Waals surface area contributed by atoms with E-state index in [1.54, 1.807) is 14.2 Å². The van der Waals surface area contributed by atoms with Crippen LogP contribution in [0.5, 0.6) is 0 Å². The van der Waals surface area contributed by atoms with Crippen molar-refractivity contribution in [1.82, 2.24) is 5.32 Å². The predicted molar refractivity (Wildman–Crippen MR) is 80.1 cm³/mol. The number of benzene rings is 1. The summed E-state index contributed by atoms with van der Waals surface area (Å²) in [6, 6.07) is 3.49. The first-order valence-electron chi connectivity index (χ1n) is 7.51. The van der Waals surface area contributed by atoms with Gasteiger partial charge in [-0.2, -0.15) is 0 Å². The van der Waals surface area contributed by atoms with E-state index in [9.17, 15) is 8.78 Å². The number of likely N-dealkylation sites (N-methyl/N-ethyl adjacent to an activating group) is 1. The molecule has 118 valence electrons. The molecule has 1 aliphatic rings. The van der Waals surface area contributed by atoms with Gasteiger partial charge in [-0.1, -0.05) is 19.9 Å². The first kappa shape index (κ1) is 16.4. The highest BCUT2D eigenvalue weighted by Crippen LogP contribution is 2.47. The molecular weight excluding hydrogens is 272 g/mol. The number of nitrogens with one attached hydrogen (secondary N) is 1. The molecule has 21 heavy (non-hydrogen) atoms. The molecule has 0 aromatic heterocycles. The Kier molecular flexibility index (Phi) is 4.69. The van der Waals surface area contributed by atoms with Crippen molar-refractivity contribution >= 4 is 0 Å². The van der Waals surface area contributed by atoms with E-state index in [0.29, 0.717) is 11.0 Å². The van der Waals surface area contributed by atoms with Crippen LogP contribution in [0.3, 0.4) is 0 Å². The largest absolute Gasteiger partial charge is 0.376 e. The molecule has 1 N–H and O–H groups in total. The molecule has 1 unspecified atom stereocenters. The highest BCUT2D eigenvalue weighted by molar-refractivity contribution is 5.25. The molecule has 1 aromatic rings. The van der Waals surface area contributed by atoms with Crippen molar-refractivity contribution in [2.24, 2.45) is 5.41 Å². The molecule has 1 aromatic carbocycles. The Hall–Kier alpha value is -1.00. The van der Waals surface area contributed by atoms with Crippen molar-refractivity contribution in [1.29, 1.82) is 0 Å². The lowest BCUT2D eigenvalue weighted by Crippen LogP contribution is -2.48. The molecule has 1 atom stereocenters. The molecule has 2 rings (SSSR count). The van der Waals surface area contributed by atoms with Gasteiger partial charge in [0, 0.05) is 18.7 Å². The standard InChI is InChI=1S/C17H25F2NO/c1-16(2)7-9-17(21-4,10-8-16)15(20-3)13-6-5-12(18)11-14(13)19/h5-6,11,15,20H,7-10H2,1-4H3. The van der Waals surface area contributed by atoms with E-state index in [1.165, 1.54) is 12.1 Å². The molecule has 1 fully saturated rings. The fourth-order valence-electron chi connectivity index (χ4n) is 3.40. The summed E-state index contributed by atoms with van der Waals surface area (Å²) >= 11 is 0. The average molecular weight is 297 g/mol. The number of rotatable bonds is 4. The first-order chi connectivity index (χ1) is 9.83. The van der Waals surface area contributed by atoms with Crippen LogP contribution >= 0.6 is 0 Å². The Bertz CT molecular complexity index is 492. The molecule has 0 spiro atoms. The first-order valence-corrected chi connectivity index (χ1v) is 7.51. The van der Waals surface area contributed by atoms with Crippen LogP contribution in [-0.2, 0) is 4.74 Å². The normalized spacial score (nSPS) is 22.0. The SMILES string of the molecule is CNC(c1ccc(F)cc1F)C1(OC)CCC(C)(C)CC1. The maximum atomic E-state index is 14.2. The fourth-order valence-corrected chi connectivity index (χ4v) is 3.40. The van der Waals surface area contributed by atoms with Crippen LogP contribution < -0.4 is 5.32 Å². The van der Waals surface area contributed by atoms with Crippen LogP contribution in [0.2, 0.25) is 0 Å². The monoisotopic (exact) mass is 297 g/mol. The van der Waals surface area contributed by atoms with Gasteiger partial charge in [0.15, 0.2) is 0 Å². The second-order valence-corrected chi connectivity index (χ2v) is 6.82. The molecule has 0 bridgehead atoms. The van der Waals surface area contributed by atoms with Gasteiger partial charge < -0.3 is 10.1 Å². The van der Waals surface area contributed by atoms with E-state index in [0.717, 1.165) is 31.7 Å². The Morgan fingerprint density at radius 1 is 1.14 bits per heavy atom. The third kappa shape index (κ3) is 3.27. The number of halogens is 2. The van der Waals surface area contributed by atoms with Crippen molar-refractivity contribution in [3.05, 3.63) is 35.4 Å². The lowest BCUT2D eigenvalue weighted by atomic mass is 9.67. The minimum absolute atomic E-state index is 0.279. The van der Waals surface area contributed by atoms with E-state index in [-0.39, 0.29) is 6.04 Å². The van der Waals surface area contributed by atoms with Crippen LogP contribution in [0.1, 0.15) is 51.1 Å². The van der Waals surface area contributed by atoms with Crippen molar-refractivity contribution in [3.63, 3.8) is 0 Å². The van der Waals surface area contributed by atoms with Gasteiger partial charge in [-0.05, 0) is 44.2 Å². The van der Waals surface area contributed by atoms with Gasteiger partial charge in [0.2, 0.25) is 0 Å². The second-order valence-electron chi connectivity index (χ2n) is 6.82. The van der Waals surface area contributed by atoms with Crippen LogP contribution in [0.15, 0.2) is 18.2 Å². The summed E-state index contributed by atoms with van der Waals surface area (Å²) in [6.45, 7) is 4.50. The Labute approximate surface area is 125 Å². The molecule has 1 saturated carbocycles. The van der Waals surface area contributed by atoms with Gasteiger partial charge in [0.05, 0.1) is 11.6 Å². The van der Waals surface area contributed by atoms with Crippen LogP contribution in [0.4, 0.5) is 8.78 Å². The maximum absolute atomic E-state index is 14.2. The van der Waals surface area contributed by atoms with Crippen LogP contribution in [0.25, 0.3) is 0 Å². The van der Waals surface area contributed by atoms with Crippen LogP contribution in [0, 0.1) is 17.0 Å². The molecule has 0 heterocycles. The Morgan fingerprint density at radius 3 is 2.24 bits per heavy atom. The molecular formula is C17H25F2NO. The summed E-state index contributed by atoms with van der Waals surface area (Å²) in [5.74, 6) is -1.07. The Balaban J connectivity index is 2.34. The summed E-state index contributed by atoms with van der Waals surface area (Å²) in [5, 5.41) is 3.18. The second kappa shape index (κ2) is 6.01. The van der Waals surface area contributed by atoms with E-state index < -0.39 is 17.2 Å². The zero-order chi connectivity index (χ0) is 15.7.